The molecule has 0 saturated carbocycles. The van der Waals surface area contributed by atoms with Gasteiger partial charge in [-0.15, -0.1) is 0 Å². The molecule has 104 valence electrons. The summed E-state index contributed by atoms with van der Waals surface area (Å²) in [6.07, 6.45) is 0.0172. The van der Waals surface area contributed by atoms with Gasteiger partial charge >= 0.3 is 0 Å². The van der Waals surface area contributed by atoms with Crippen molar-refractivity contribution in [2.75, 3.05) is 0 Å². The molecule has 0 spiro atoms. The fraction of sp³-hybridized carbons (Fsp3) is 0.600. The predicted molar refractivity (Wildman–Crippen MR) is 73.6 cm³/mol. The minimum atomic E-state index is -4.17. The van der Waals surface area contributed by atoms with Crippen LogP contribution in [0.15, 0.2) is 21.6 Å². The molecule has 4 nitrogen and oxygen atoms in total. The minimum Gasteiger partial charge on any atom is -0.211 e. The monoisotopic (exact) mass is 332 g/mol. The third-order valence-corrected chi connectivity index (χ3v) is 7.69. The lowest BCUT2D eigenvalue weighted by atomic mass is 9.86. The largest absolute Gasteiger partial charge is 0.259 e. The van der Waals surface area contributed by atoms with Gasteiger partial charge in [0.05, 0.1) is 4.91 Å². The summed E-state index contributed by atoms with van der Waals surface area (Å²) in [5.41, 5.74) is 1.86. The Morgan fingerprint density at radius 2 is 1.44 bits per heavy atom. The molecule has 0 aromatic carbocycles. The summed E-state index contributed by atoms with van der Waals surface area (Å²) in [4.78, 5) is -0.324. The van der Waals surface area contributed by atoms with Crippen LogP contribution in [-0.4, -0.2) is 21.6 Å². The molecular weight excluding hydrogens is 319 g/mol. The summed E-state index contributed by atoms with van der Waals surface area (Å²) in [7, 11) is 2.51. The number of hydrogen-bond acceptors (Lipinski definition) is 4. The van der Waals surface area contributed by atoms with Crippen molar-refractivity contribution in [2.45, 2.75) is 38.9 Å². The molecule has 0 saturated heterocycles. The first-order valence-electron chi connectivity index (χ1n) is 5.09. The Morgan fingerprint density at radius 1 is 1.00 bits per heavy atom. The van der Waals surface area contributed by atoms with Crippen molar-refractivity contribution in [1.82, 2.24) is 0 Å². The van der Waals surface area contributed by atoms with Gasteiger partial charge in [0.2, 0.25) is 9.05 Å². The maximum atomic E-state index is 11.7. The molecule has 1 unspecified atom stereocenters. The zero-order chi connectivity index (χ0) is 14.5. The van der Waals surface area contributed by atoms with Crippen LogP contribution in [0.1, 0.15) is 34.1 Å². The van der Waals surface area contributed by atoms with Gasteiger partial charge in [-0.3, -0.25) is 0 Å². The standard InChI is InChI=1S/C10H14Cl2O4S2/c1-6-5-10(4,18(12,15)16)9(17(11,13)14)8(3)7(6)2/h5H2,1-4H3. The summed E-state index contributed by atoms with van der Waals surface area (Å²) in [6.45, 7) is 6.29. The van der Waals surface area contributed by atoms with Gasteiger partial charge < -0.3 is 0 Å². The van der Waals surface area contributed by atoms with Gasteiger partial charge in [-0.25, -0.2) is 16.8 Å². The molecule has 1 rings (SSSR count). The van der Waals surface area contributed by atoms with Crippen LogP contribution in [0, 0.1) is 0 Å². The van der Waals surface area contributed by atoms with Gasteiger partial charge in [0, 0.05) is 21.4 Å². The van der Waals surface area contributed by atoms with Crippen LogP contribution < -0.4 is 0 Å². The van der Waals surface area contributed by atoms with Crippen molar-refractivity contribution in [3.63, 3.8) is 0 Å². The molecule has 18 heavy (non-hydrogen) atoms. The van der Waals surface area contributed by atoms with Crippen LogP contribution in [0.3, 0.4) is 0 Å². The Morgan fingerprint density at radius 3 is 1.78 bits per heavy atom. The van der Waals surface area contributed by atoms with Crippen molar-refractivity contribution in [2.24, 2.45) is 0 Å². The first-order chi connectivity index (χ1) is 7.82. The average molecular weight is 333 g/mol. The van der Waals surface area contributed by atoms with Crippen molar-refractivity contribution < 1.29 is 16.8 Å². The van der Waals surface area contributed by atoms with E-state index in [0.29, 0.717) is 5.57 Å². The summed E-state index contributed by atoms with van der Waals surface area (Å²) < 4.78 is 45.1. The highest BCUT2D eigenvalue weighted by atomic mass is 35.7. The zero-order valence-electron chi connectivity index (χ0n) is 10.4. The van der Waals surface area contributed by atoms with Crippen LogP contribution in [0.5, 0.6) is 0 Å². The van der Waals surface area contributed by atoms with E-state index in [1.54, 1.807) is 13.8 Å². The van der Waals surface area contributed by atoms with Gasteiger partial charge in [-0.2, -0.15) is 0 Å². The van der Waals surface area contributed by atoms with Crippen molar-refractivity contribution >= 4 is 39.5 Å². The number of hydrogen-bond donors (Lipinski definition) is 0. The summed E-state index contributed by atoms with van der Waals surface area (Å²) in [6, 6.07) is 0. The molecule has 0 bridgehead atoms. The molecule has 1 aliphatic rings. The first-order valence-corrected chi connectivity index (χ1v) is 9.71. The van der Waals surface area contributed by atoms with Gasteiger partial charge in [0.25, 0.3) is 9.05 Å². The van der Waals surface area contributed by atoms with E-state index in [2.05, 4.69) is 0 Å². The molecule has 0 aromatic heterocycles. The number of halogens is 2. The van der Waals surface area contributed by atoms with Crippen molar-refractivity contribution in [3.05, 3.63) is 21.6 Å². The average Bonchev–Trinajstić information content (AvgIpc) is 2.10. The molecule has 0 aliphatic heterocycles. The molecule has 0 aromatic rings. The lowest BCUT2D eigenvalue weighted by Gasteiger charge is -2.34. The van der Waals surface area contributed by atoms with E-state index >= 15 is 0 Å². The van der Waals surface area contributed by atoms with E-state index in [4.69, 9.17) is 21.4 Å². The van der Waals surface area contributed by atoms with Crippen LogP contribution in [-0.2, 0) is 18.1 Å². The van der Waals surface area contributed by atoms with E-state index in [0.717, 1.165) is 11.1 Å². The van der Waals surface area contributed by atoms with Crippen molar-refractivity contribution in [3.8, 4) is 0 Å². The summed E-state index contributed by atoms with van der Waals surface area (Å²) in [5.74, 6) is 0. The second-order valence-electron chi connectivity index (χ2n) is 4.64. The lowest BCUT2D eigenvalue weighted by Crippen LogP contribution is -2.39. The molecule has 0 heterocycles. The Labute approximate surface area is 117 Å². The first kappa shape index (κ1) is 16.0. The second-order valence-corrected chi connectivity index (χ2v) is 10.1. The molecule has 0 amide bonds. The molecule has 8 heteroatoms. The zero-order valence-corrected chi connectivity index (χ0v) is 13.6. The highest BCUT2D eigenvalue weighted by Gasteiger charge is 2.50. The highest BCUT2D eigenvalue weighted by molar-refractivity contribution is 8.19. The van der Waals surface area contributed by atoms with E-state index < -0.39 is 22.8 Å². The van der Waals surface area contributed by atoms with Crippen LogP contribution in [0.2, 0.25) is 0 Å². The second kappa shape index (κ2) is 4.51. The van der Waals surface area contributed by atoms with E-state index in [9.17, 15) is 16.8 Å². The van der Waals surface area contributed by atoms with E-state index in [1.165, 1.54) is 13.8 Å². The maximum Gasteiger partial charge on any atom is 0.259 e. The third-order valence-electron chi connectivity index (χ3n) is 3.41. The fourth-order valence-electron chi connectivity index (χ4n) is 2.24. The smallest absolute Gasteiger partial charge is 0.211 e. The SMILES string of the molecule is CC1=C(C)C(C)=C(S(=O)(=O)Cl)C(C)(S(=O)(=O)Cl)C1. The minimum absolute atomic E-state index is 0.0172. The van der Waals surface area contributed by atoms with Crippen LogP contribution in [0.4, 0.5) is 0 Å². The Kier molecular flexibility index (Phi) is 4.01. The quantitative estimate of drug-likeness (QED) is 0.729. The van der Waals surface area contributed by atoms with Gasteiger partial charge in [-0.05, 0) is 45.3 Å². The summed E-state index contributed by atoms with van der Waals surface area (Å²) >= 11 is 0. The predicted octanol–water partition coefficient (Wildman–Crippen LogP) is 2.90. The molecule has 0 N–H and O–H groups in total. The lowest BCUT2D eigenvalue weighted by molar-refractivity contribution is 0.561. The number of rotatable bonds is 2. The number of allylic oxidation sites excluding steroid dienone is 3. The van der Waals surface area contributed by atoms with Crippen LogP contribution >= 0.6 is 21.4 Å². The van der Waals surface area contributed by atoms with Gasteiger partial charge in [-0.1, -0.05) is 5.57 Å². The molecule has 1 atom stereocenters. The Hall–Kier alpha value is -0.0400. The molecule has 0 radical (unpaired) electrons. The molecule has 0 fully saturated rings. The normalized spacial score (nSPS) is 26.8. The maximum absolute atomic E-state index is 11.7. The Bertz CT molecular complexity index is 656. The van der Waals surface area contributed by atoms with E-state index in [1.807, 2.05) is 0 Å². The van der Waals surface area contributed by atoms with Crippen molar-refractivity contribution in [1.29, 1.82) is 0 Å². The Balaban J connectivity index is 3.83. The topological polar surface area (TPSA) is 68.3 Å². The summed E-state index contributed by atoms with van der Waals surface area (Å²) in [5, 5.41) is 0. The highest BCUT2D eigenvalue weighted by Crippen LogP contribution is 2.46. The van der Waals surface area contributed by atoms with Gasteiger partial charge in [0.15, 0.2) is 0 Å². The fourth-order valence-corrected chi connectivity index (χ4v) is 6.30. The third kappa shape index (κ3) is 2.48. The van der Waals surface area contributed by atoms with Crippen LogP contribution in [0.25, 0.3) is 0 Å². The van der Waals surface area contributed by atoms with Gasteiger partial charge in [0.1, 0.15) is 4.75 Å². The van der Waals surface area contributed by atoms with E-state index in [-0.39, 0.29) is 11.3 Å². The molecule has 1 aliphatic carbocycles. The molecular formula is C10H14Cl2O4S2.